The van der Waals surface area contributed by atoms with Crippen LogP contribution in [0.15, 0.2) is 99.5 Å². The van der Waals surface area contributed by atoms with E-state index in [-0.39, 0.29) is 28.7 Å². The number of hydrogen-bond acceptors (Lipinski definition) is 6. The van der Waals surface area contributed by atoms with Gasteiger partial charge < -0.3 is 10.0 Å². The van der Waals surface area contributed by atoms with Crippen molar-refractivity contribution in [2.75, 3.05) is 10.7 Å². The van der Waals surface area contributed by atoms with E-state index in [4.69, 9.17) is 0 Å². The van der Waals surface area contributed by atoms with Crippen molar-refractivity contribution in [1.29, 1.82) is 0 Å². The van der Waals surface area contributed by atoms with Crippen LogP contribution in [0.4, 0.5) is 5.69 Å². The third-order valence-corrected chi connectivity index (χ3v) is 9.48. The Bertz CT molecular complexity index is 1650. The molecule has 1 aromatic heterocycles. The zero-order valence-corrected chi connectivity index (χ0v) is 24.5. The number of aromatic hydroxyl groups is 1. The minimum absolute atomic E-state index is 0.00438. The maximum absolute atomic E-state index is 13.9. The molecule has 6 rings (SSSR count). The van der Waals surface area contributed by atoms with Gasteiger partial charge in [0.15, 0.2) is 11.0 Å². The number of anilines is 1. The van der Waals surface area contributed by atoms with E-state index >= 15 is 0 Å². The smallest absolute Gasteiger partial charge is 0.238 e. The predicted molar refractivity (Wildman–Crippen MR) is 162 cm³/mol. The van der Waals surface area contributed by atoms with Crippen LogP contribution in [0.5, 0.6) is 5.75 Å². The normalized spacial score (nSPS) is 17.7. The molecule has 39 heavy (non-hydrogen) atoms. The van der Waals surface area contributed by atoms with Crippen LogP contribution >= 0.6 is 39.5 Å². The largest absolute Gasteiger partial charge is 0.507 e. The highest BCUT2D eigenvalue weighted by Gasteiger charge is 2.36. The number of carbonyl (C=O) groups is 1. The summed E-state index contributed by atoms with van der Waals surface area (Å²) in [5.74, 6) is 0.809. The zero-order chi connectivity index (χ0) is 27.1. The molecule has 3 aromatic carbocycles. The zero-order valence-electron chi connectivity index (χ0n) is 21.3. The number of aryl methyl sites for hydroxylation is 2. The van der Waals surface area contributed by atoms with Gasteiger partial charge in [-0.05, 0) is 55.8 Å². The maximum atomic E-state index is 13.9. The highest BCUT2D eigenvalue weighted by Crippen LogP contribution is 2.44. The van der Waals surface area contributed by atoms with Gasteiger partial charge in [-0.25, -0.2) is 0 Å². The van der Waals surface area contributed by atoms with Crippen LogP contribution in [-0.2, 0) is 4.79 Å². The second kappa shape index (κ2) is 10.7. The molecule has 0 saturated carbocycles. The van der Waals surface area contributed by atoms with Gasteiger partial charge in [0.2, 0.25) is 5.91 Å². The Morgan fingerprint density at radius 2 is 1.85 bits per heavy atom. The van der Waals surface area contributed by atoms with Gasteiger partial charge in [-0.3, -0.25) is 9.36 Å². The minimum atomic E-state index is -0.0469. The number of hydrogen-bond donors (Lipinski definition) is 1. The van der Waals surface area contributed by atoms with Crippen molar-refractivity contribution in [1.82, 2.24) is 14.8 Å². The quantitative estimate of drug-likeness (QED) is 0.241. The number of allylic oxidation sites excluding steroid dienone is 2. The number of carbonyl (C=O) groups excluding carboxylic acids is 1. The summed E-state index contributed by atoms with van der Waals surface area (Å²) in [4.78, 5) is 16.9. The van der Waals surface area contributed by atoms with Gasteiger partial charge in [0.05, 0.1) is 34.0 Å². The summed E-state index contributed by atoms with van der Waals surface area (Å²) in [5.41, 5.74) is 4.58. The van der Waals surface area contributed by atoms with E-state index in [1.807, 2.05) is 64.9 Å². The van der Waals surface area contributed by atoms with Gasteiger partial charge in [0.1, 0.15) is 5.75 Å². The molecule has 1 aliphatic carbocycles. The van der Waals surface area contributed by atoms with Crippen LogP contribution < -0.4 is 4.90 Å². The summed E-state index contributed by atoms with van der Waals surface area (Å²) in [6.07, 6.45) is 8.32. The van der Waals surface area contributed by atoms with E-state index in [2.05, 4.69) is 57.3 Å². The molecule has 0 spiro atoms. The third kappa shape index (κ3) is 4.95. The summed E-state index contributed by atoms with van der Waals surface area (Å²) in [5, 5.41) is 20.4. The molecule has 4 aromatic rings. The lowest BCUT2D eigenvalue weighted by molar-refractivity contribution is -0.116. The molecule has 0 fully saturated rings. The SMILES string of the molecule is Cc1ccc(-n2c(SCC(=O)N3c4ccccc4S[C@@H]4C=CC=C[C@@H]43)nnc2-c2cc(Br)ccc2O)c(C)c1. The molecule has 1 aliphatic heterocycles. The molecule has 6 nitrogen and oxygen atoms in total. The first-order valence-corrected chi connectivity index (χ1v) is 15.1. The molecule has 0 saturated heterocycles. The van der Waals surface area contributed by atoms with Crippen molar-refractivity contribution < 1.29 is 9.90 Å². The molecular formula is C30H25BrN4O2S2. The summed E-state index contributed by atoms with van der Waals surface area (Å²) < 4.78 is 2.75. The fraction of sp³-hybridized carbons (Fsp3) is 0.167. The maximum Gasteiger partial charge on any atom is 0.238 e. The van der Waals surface area contributed by atoms with Crippen molar-refractivity contribution in [2.45, 2.75) is 35.2 Å². The van der Waals surface area contributed by atoms with Crippen molar-refractivity contribution in [3.63, 3.8) is 0 Å². The number of para-hydroxylation sites is 1. The van der Waals surface area contributed by atoms with Crippen molar-refractivity contribution in [3.05, 3.63) is 101 Å². The molecule has 2 aliphatic rings. The van der Waals surface area contributed by atoms with E-state index in [1.165, 1.54) is 11.8 Å². The third-order valence-electron chi connectivity index (χ3n) is 6.76. The number of amides is 1. The molecule has 1 amide bonds. The summed E-state index contributed by atoms with van der Waals surface area (Å²) in [6.45, 7) is 4.09. The number of nitrogens with zero attached hydrogens (tertiary/aromatic N) is 4. The van der Waals surface area contributed by atoms with Crippen LogP contribution in [0.2, 0.25) is 0 Å². The minimum Gasteiger partial charge on any atom is -0.507 e. The first-order valence-electron chi connectivity index (χ1n) is 12.5. The number of thioether (sulfide) groups is 2. The van der Waals surface area contributed by atoms with Gasteiger partial charge in [-0.2, -0.15) is 0 Å². The standard InChI is InChI=1S/C30H25BrN4O2S2/c1-18-11-13-22(19(2)15-18)35-29(21-16-20(31)12-14-25(21)36)32-33-30(35)38-17-28(37)34-23-7-3-5-9-26(23)39-27-10-6-4-8-24(27)34/h3-16,23,26,36H,17H2,1-2H3/t23-,26+/m0/s1. The summed E-state index contributed by atoms with van der Waals surface area (Å²) in [6, 6.07) is 19.4. The summed E-state index contributed by atoms with van der Waals surface area (Å²) >= 11 is 6.65. The number of benzene rings is 3. The molecular weight excluding hydrogens is 592 g/mol. The molecule has 0 bridgehead atoms. The lowest BCUT2D eigenvalue weighted by Crippen LogP contribution is -2.48. The Hall–Kier alpha value is -3.27. The molecule has 9 heteroatoms. The first-order chi connectivity index (χ1) is 18.9. The number of phenolic OH excluding ortho intramolecular Hbond substituents is 1. The fourth-order valence-electron chi connectivity index (χ4n) is 4.98. The van der Waals surface area contributed by atoms with E-state index in [0.717, 1.165) is 31.9 Å². The predicted octanol–water partition coefficient (Wildman–Crippen LogP) is 7.11. The molecule has 2 heterocycles. The Morgan fingerprint density at radius 3 is 2.69 bits per heavy atom. The van der Waals surface area contributed by atoms with Gasteiger partial charge in [-0.15, -0.1) is 22.0 Å². The average Bonchev–Trinajstić information content (AvgIpc) is 3.35. The highest BCUT2D eigenvalue weighted by molar-refractivity contribution is 9.10. The van der Waals surface area contributed by atoms with Crippen LogP contribution in [-0.4, -0.2) is 42.8 Å². The van der Waals surface area contributed by atoms with E-state index in [0.29, 0.717) is 16.5 Å². The second-order valence-corrected chi connectivity index (χ2v) is 12.5. The Labute approximate surface area is 244 Å². The number of rotatable bonds is 5. The monoisotopic (exact) mass is 616 g/mol. The average molecular weight is 618 g/mol. The highest BCUT2D eigenvalue weighted by atomic mass is 79.9. The number of halogens is 1. The number of fused-ring (bicyclic) bond motifs is 2. The second-order valence-electron chi connectivity index (χ2n) is 9.46. The van der Waals surface area contributed by atoms with Crippen LogP contribution in [0, 0.1) is 13.8 Å². The van der Waals surface area contributed by atoms with Crippen LogP contribution in [0.1, 0.15) is 11.1 Å². The molecule has 0 unspecified atom stereocenters. The Balaban J connectivity index is 1.37. The Kier molecular flexibility index (Phi) is 7.14. The molecule has 2 atom stereocenters. The van der Waals surface area contributed by atoms with Gasteiger partial charge in [0.25, 0.3) is 0 Å². The van der Waals surface area contributed by atoms with Crippen molar-refractivity contribution in [2.24, 2.45) is 0 Å². The molecule has 196 valence electrons. The van der Waals surface area contributed by atoms with Crippen molar-refractivity contribution in [3.8, 4) is 22.8 Å². The van der Waals surface area contributed by atoms with Gasteiger partial charge in [-0.1, -0.05) is 81.8 Å². The van der Waals surface area contributed by atoms with Crippen LogP contribution in [0.25, 0.3) is 17.1 Å². The number of aromatic nitrogens is 3. The number of phenols is 1. The van der Waals surface area contributed by atoms with Crippen molar-refractivity contribution >= 4 is 51.0 Å². The van der Waals surface area contributed by atoms with Gasteiger partial charge >= 0.3 is 0 Å². The lowest BCUT2D eigenvalue weighted by Gasteiger charge is -2.40. The first kappa shape index (κ1) is 26.0. The summed E-state index contributed by atoms with van der Waals surface area (Å²) in [7, 11) is 0. The van der Waals surface area contributed by atoms with E-state index in [1.54, 1.807) is 23.9 Å². The lowest BCUT2D eigenvalue weighted by atomic mass is 10.0. The van der Waals surface area contributed by atoms with Crippen LogP contribution in [0.3, 0.4) is 0 Å². The fourth-order valence-corrected chi connectivity index (χ4v) is 7.40. The van der Waals surface area contributed by atoms with E-state index in [9.17, 15) is 9.90 Å². The van der Waals surface area contributed by atoms with E-state index < -0.39 is 0 Å². The van der Waals surface area contributed by atoms with Gasteiger partial charge in [0, 0.05) is 9.37 Å². The molecule has 0 radical (unpaired) electrons. The molecule has 1 N–H and O–H groups in total. The Morgan fingerprint density at radius 1 is 1.03 bits per heavy atom. The topological polar surface area (TPSA) is 71.2 Å².